The maximum absolute atomic E-state index is 11.3. The molecule has 2 saturated carbocycles. The molecule has 4 nitrogen and oxygen atoms in total. The second kappa shape index (κ2) is 5.24. The minimum Gasteiger partial charge on any atom is -0.389 e. The van der Waals surface area contributed by atoms with E-state index in [1.165, 1.54) is 12.8 Å². The van der Waals surface area contributed by atoms with E-state index in [-0.39, 0.29) is 5.41 Å². The highest BCUT2D eigenvalue weighted by Gasteiger charge is 2.56. The first-order valence-corrected chi connectivity index (χ1v) is 8.27. The monoisotopic (exact) mass is 283 g/mol. The van der Waals surface area contributed by atoms with Gasteiger partial charge in [0.15, 0.2) is 5.79 Å². The molecule has 0 aromatic carbocycles. The second-order valence-corrected chi connectivity index (χ2v) is 7.14. The number of hydrogen-bond donors (Lipinski definition) is 2. The summed E-state index contributed by atoms with van der Waals surface area (Å²) in [6.45, 7) is 4.24. The zero-order valence-corrected chi connectivity index (χ0v) is 12.7. The van der Waals surface area contributed by atoms with Gasteiger partial charge in [-0.1, -0.05) is 13.3 Å². The van der Waals surface area contributed by atoms with Crippen molar-refractivity contribution in [1.82, 2.24) is 0 Å². The van der Waals surface area contributed by atoms with E-state index in [0.717, 1.165) is 44.4 Å². The van der Waals surface area contributed by atoms with Crippen LogP contribution in [0.1, 0.15) is 58.3 Å². The highest BCUT2D eigenvalue weighted by Crippen LogP contribution is 2.56. The summed E-state index contributed by atoms with van der Waals surface area (Å²) >= 11 is 0. The Morgan fingerprint density at radius 1 is 1.10 bits per heavy atom. The molecule has 0 radical (unpaired) electrons. The first kappa shape index (κ1) is 14.8. The van der Waals surface area contributed by atoms with Gasteiger partial charge in [0.05, 0.1) is 18.8 Å². The molecule has 2 atom stereocenters. The smallest absolute Gasteiger partial charge is 0.168 e. The molecule has 0 aromatic rings. The van der Waals surface area contributed by atoms with Gasteiger partial charge in [0.1, 0.15) is 0 Å². The lowest BCUT2D eigenvalue weighted by molar-refractivity contribution is -0.221. The number of rotatable bonds is 3. The molecule has 0 aromatic heterocycles. The van der Waals surface area contributed by atoms with Gasteiger partial charge in [-0.05, 0) is 38.0 Å². The standard InChI is InChI=1S/C16H29NO3/c1-2-13-3-4-14(11-13,12-17)15(18)5-7-16(8-6-15)19-9-10-20-16/h13,18H,2-12,17H2,1H3. The Morgan fingerprint density at radius 2 is 1.75 bits per heavy atom. The van der Waals surface area contributed by atoms with E-state index in [1.807, 2.05) is 0 Å². The van der Waals surface area contributed by atoms with Gasteiger partial charge in [-0.25, -0.2) is 0 Å². The number of hydrogen-bond acceptors (Lipinski definition) is 4. The minimum absolute atomic E-state index is 0.0755. The average molecular weight is 283 g/mol. The lowest BCUT2D eigenvalue weighted by Gasteiger charge is -2.50. The molecule has 116 valence electrons. The van der Waals surface area contributed by atoms with Crippen molar-refractivity contribution < 1.29 is 14.6 Å². The molecule has 3 N–H and O–H groups in total. The molecule has 2 aliphatic carbocycles. The van der Waals surface area contributed by atoms with Crippen LogP contribution in [0.2, 0.25) is 0 Å². The average Bonchev–Trinajstić information content (AvgIpc) is 3.11. The summed E-state index contributed by atoms with van der Waals surface area (Å²) in [5.74, 6) is 0.336. The molecule has 3 aliphatic rings. The SMILES string of the molecule is CCC1CCC(CN)(C2(O)CCC3(CC2)OCCO3)C1. The fourth-order valence-corrected chi connectivity index (χ4v) is 4.74. The van der Waals surface area contributed by atoms with Crippen LogP contribution in [0.4, 0.5) is 0 Å². The zero-order chi connectivity index (χ0) is 14.3. The Hall–Kier alpha value is -0.160. The molecule has 0 amide bonds. The summed E-state index contributed by atoms with van der Waals surface area (Å²) < 4.78 is 11.6. The first-order chi connectivity index (χ1) is 9.57. The fraction of sp³-hybridized carbons (Fsp3) is 1.00. The van der Waals surface area contributed by atoms with Gasteiger partial charge in [-0.3, -0.25) is 0 Å². The molecule has 1 spiro atoms. The lowest BCUT2D eigenvalue weighted by atomic mass is 9.62. The summed E-state index contributed by atoms with van der Waals surface area (Å²) in [5.41, 5.74) is 5.43. The van der Waals surface area contributed by atoms with Crippen LogP contribution >= 0.6 is 0 Å². The Morgan fingerprint density at radius 3 is 2.25 bits per heavy atom. The van der Waals surface area contributed by atoms with Gasteiger partial charge in [0.25, 0.3) is 0 Å². The van der Waals surface area contributed by atoms with Crippen LogP contribution in [0, 0.1) is 11.3 Å². The van der Waals surface area contributed by atoms with Gasteiger partial charge in [-0.2, -0.15) is 0 Å². The molecule has 2 unspecified atom stereocenters. The van der Waals surface area contributed by atoms with E-state index in [2.05, 4.69) is 6.92 Å². The van der Waals surface area contributed by atoms with Gasteiger partial charge >= 0.3 is 0 Å². The summed E-state index contributed by atoms with van der Waals surface area (Å²) in [4.78, 5) is 0. The molecule has 20 heavy (non-hydrogen) atoms. The molecule has 1 saturated heterocycles. The van der Waals surface area contributed by atoms with Gasteiger partial charge in [0.2, 0.25) is 0 Å². The Labute approximate surface area is 122 Å². The van der Waals surface area contributed by atoms with Crippen LogP contribution in [0.15, 0.2) is 0 Å². The van der Waals surface area contributed by atoms with E-state index in [4.69, 9.17) is 15.2 Å². The minimum atomic E-state index is -0.619. The van der Waals surface area contributed by atoms with E-state index in [9.17, 15) is 5.11 Å². The van der Waals surface area contributed by atoms with Crippen molar-refractivity contribution in [2.45, 2.75) is 69.7 Å². The third kappa shape index (κ3) is 2.21. The van der Waals surface area contributed by atoms with Gasteiger partial charge < -0.3 is 20.3 Å². The molecule has 0 bridgehead atoms. The molecular weight excluding hydrogens is 254 g/mol. The van der Waals surface area contributed by atoms with Crippen LogP contribution in [0.25, 0.3) is 0 Å². The molecule has 3 fully saturated rings. The van der Waals surface area contributed by atoms with Crippen molar-refractivity contribution in [1.29, 1.82) is 0 Å². The quantitative estimate of drug-likeness (QED) is 0.833. The largest absolute Gasteiger partial charge is 0.389 e. The van der Waals surface area contributed by atoms with Gasteiger partial charge in [0, 0.05) is 24.8 Å². The van der Waals surface area contributed by atoms with Crippen molar-refractivity contribution in [2.75, 3.05) is 19.8 Å². The van der Waals surface area contributed by atoms with E-state index >= 15 is 0 Å². The highest BCUT2D eigenvalue weighted by atomic mass is 16.7. The fourth-order valence-electron chi connectivity index (χ4n) is 4.74. The van der Waals surface area contributed by atoms with E-state index < -0.39 is 11.4 Å². The van der Waals surface area contributed by atoms with Crippen molar-refractivity contribution in [3.8, 4) is 0 Å². The summed E-state index contributed by atoms with van der Waals surface area (Å²) in [5, 5.41) is 11.3. The Kier molecular flexibility index (Phi) is 3.87. The van der Waals surface area contributed by atoms with E-state index in [1.54, 1.807) is 0 Å². The Balaban J connectivity index is 1.72. The maximum Gasteiger partial charge on any atom is 0.168 e. The summed E-state index contributed by atoms with van der Waals surface area (Å²) in [6, 6.07) is 0. The summed E-state index contributed by atoms with van der Waals surface area (Å²) in [6.07, 6.45) is 7.73. The number of aliphatic hydroxyl groups is 1. The van der Waals surface area contributed by atoms with Crippen LogP contribution in [-0.2, 0) is 9.47 Å². The molecule has 3 rings (SSSR count). The third-order valence-corrected chi connectivity index (χ3v) is 6.32. The van der Waals surface area contributed by atoms with Crippen LogP contribution < -0.4 is 5.73 Å². The predicted octanol–water partition coefficient (Wildman–Crippen LogP) is 2.19. The number of ether oxygens (including phenoxy) is 2. The van der Waals surface area contributed by atoms with Crippen LogP contribution in [0.3, 0.4) is 0 Å². The molecule has 1 heterocycles. The van der Waals surface area contributed by atoms with E-state index in [0.29, 0.717) is 19.8 Å². The zero-order valence-electron chi connectivity index (χ0n) is 12.7. The normalized spacial score (nSPS) is 39.5. The first-order valence-electron chi connectivity index (χ1n) is 8.27. The van der Waals surface area contributed by atoms with Gasteiger partial charge in [-0.15, -0.1) is 0 Å². The van der Waals surface area contributed by atoms with Crippen LogP contribution in [0.5, 0.6) is 0 Å². The Bertz CT molecular complexity index is 344. The maximum atomic E-state index is 11.3. The predicted molar refractivity (Wildman–Crippen MR) is 77.2 cm³/mol. The van der Waals surface area contributed by atoms with Crippen molar-refractivity contribution in [3.05, 3.63) is 0 Å². The number of nitrogens with two attached hydrogens (primary N) is 1. The van der Waals surface area contributed by atoms with Crippen molar-refractivity contribution >= 4 is 0 Å². The third-order valence-electron chi connectivity index (χ3n) is 6.32. The summed E-state index contributed by atoms with van der Waals surface area (Å²) in [7, 11) is 0. The lowest BCUT2D eigenvalue weighted by Crippen LogP contribution is -2.56. The molecule has 4 heteroatoms. The molecule has 1 aliphatic heterocycles. The van der Waals surface area contributed by atoms with Crippen molar-refractivity contribution in [3.63, 3.8) is 0 Å². The topological polar surface area (TPSA) is 64.7 Å². The second-order valence-electron chi connectivity index (χ2n) is 7.14. The molecular formula is C16H29NO3. The van der Waals surface area contributed by atoms with Crippen LogP contribution in [-0.4, -0.2) is 36.3 Å². The van der Waals surface area contributed by atoms with Crippen molar-refractivity contribution in [2.24, 2.45) is 17.1 Å². The highest BCUT2D eigenvalue weighted by molar-refractivity contribution is 5.07.